The van der Waals surface area contributed by atoms with E-state index in [9.17, 15) is 18.4 Å². The molecule has 0 bridgehead atoms. The second-order valence-electron chi connectivity index (χ2n) is 7.68. The zero-order valence-corrected chi connectivity index (χ0v) is 18.6. The highest BCUT2D eigenvalue weighted by molar-refractivity contribution is 6.17. The summed E-state index contributed by atoms with van der Waals surface area (Å²) in [4.78, 5) is 32.0. The van der Waals surface area contributed by atoms with E-state index in [1.54, 1.807) is 31.2 Å². The average Bonchev–Trinajstić information content (AvgIpc) is 2.79. The first-order valence-corrected chi connectivity index (χ1v) is 10.3. The summed E-state index contributed by atoms with van der Waals surface area (Å²) in [5.41, 5.74) is 5.07. The zero-order valence-electron chi connectivity index (χ0n) is 18.6. The highest BCUT2D eigenvalue weighted by Gasteiger charge is 2.48. The molecule has 33 heavy (non-hydrogen) atoms. The van der Waals surface area contributed by atoms with E-state index in [-0.39, 0.29) is 12.0 Å². The fourth-order valence-corrected chi connectivity index (χ4v) is 3.54. The molecule has 2 aromatic rings. The number of amides is 3. The van der Waals surface area contributed by atoms with Gasteiger partial charge in [-0.25, -0.2) is 18.5 Å². The fourth-order valence-electron chi connectivity index (χ4n) is 3.54. The fraction of sp³-hybridized carbons (Fsp3) is 0.240. The Balaban J connectivity index is 1.96. The lowest BCUT2D eigenvalue weighted by Crippen LogP contribution is -2.62. The molecule has 170 valence electrons. The molecule has 2 aromatic carbocycles. The van der Waals surface area contributed by atoms with Gasteiger partial charge in [0.05, 0.1) is 12.0 Å². The van der Waals surface area contributed by atoms with Crippen LogP contribution >= 0.6 is 0 Å². The smallest absolute Gasteiger partial charge is 0.332 e. The molecule has 0 spiro atoms. The van der Waals surface area contributed by atoms with Crippen LogP contribution in [-0.2, 0) is 4.79 Å². The van der Waals surface area contributed by atoms with Crippen LogP contribution < -0.4 is 10.6 Å². The van der Waals surface area contributed by atoms with Gasteiger partial charge >= 0.3 is 6.03 Å². The summed E-state index contributed by atoms with van der Waals surface area (Å²) in [6, 6.07) is 10.1. The lowest BCUT2D eigenvalue weighted by atomic mass is 9.85. The zero-order chi connectivity index (χ0) is 24.2. The van der Waals surface area contributed by atoms with E-state index in [1.165, 1.54) is 24.4 Å². The van der Waals surface area contributed by atoms with Gasteiger partial charge in [-0.05, 0) is 38.1 Å². The Hall–Kier alpha value is -3.99. The molecule has 1 aliphatic heterocycles. The molecule has 1 atom stereocenters. The predicted molar refractivity (Wildman–Crippen MR) is 124 cm³/mol. The molecular formula is C25H24F2N4O2. The van der Waals surface area contributed by atoms with Crippen molar-refractivity contribution >= 4 is 23.8 Å². The van der Waals surface area contributed by atoms with Crippen LogP contribution in [0.1, 0.15) is 31.4 Å². The number of benzene rings is 2. The van der Waals surface area contributed by atoms with Crippen molar-refractivity contribution in [1.82, 2.24) is 4.90 Å². The number of hydrogen-bond acceptors (Lipinski definition) is 4. The van der Waals surface area contributed by atoms with E-state index >= 15 is 0 Å². The van der Waals surface area contributed by atoms with Gasteiger partial charge in [-0.1, -0.05) is 30.0 Å². The number of nitrogens with zero attached hydrogens (tertiary/aromatic N) is 3. The Kier molecular flexibility index (Phi) is 6.92. The number of imide groups is 1. The molecule has 0 aliphatic carbocycles. The number of nitrogens with two attached hydrogens (primary N) is 1. The minimum absolute atomic E-state index is 0.0804. The summed E-state index contributed by atoms with van der Waals surface area (Å²) in [6.07, 6.45) is 2.53. The van der Waals surface area contributed by atoms with Gasteiger partial charge in [0, 0.05) is 42.7 Å². The van der Waals surface area contributed by atoms with E-state index in [1.807, 2.05) is 13.0 Å². The van der Waals surface area contributed by atoms with Crippen LogP contribution in [0.2, 0.25) is 0 Å². The first-order chi connectivity index (χ1) is 15.7. The van der Waals surface area contributed by atoms with Crippen molar-refractivity contribution in [2.24, 2.45) is 10.7 Å². The van der Waals surface area contributed by atoms with Crippen molar-refractivity contribution in [2.45, 2.75) is 25.8 Å². The minimum atomic E-state index is -1.12. The molecule has 1 saturated heterocycles. The lowest BCUT2D eigenvalue weighted by Gasteiger charge is -2.46. The highest BCUT2D eigenvalue weighted by atomic mass is 19.1. The van der Waals surface area contributed by atoms with Gasteiger partial charge in [-0.3, -0.25) is 9.79 Å². The third-order valence-corrected chi connectivity index (χ3v) is 5.54. The number of anilines is 1. The van der Waals surface area contributed by atoms with Gasteiger partial charge in [0.2, 0.25) is 5.91 Å². The van der Waals surface area contributed by atoms with Crippen molar-refractivity contribution in [1.29, 1.82) is 0 Å². The Labute approximate surface area is 191 Å². The number of hydrogen-bond donors (Lipinski definition) is 1. The topological polar surface area (TPSA) is 79.0 Å². The molecule has 0 saturated carbocycles. The second-order valence-corrected chi connectivity index (χ2v) is 7.68. The van der Waals surface area contributed by atoms with Crippen LogP contribution in [0, 0.1) is 23.5 Å². The second kappa shape index (κ2) is 9.65. The van der Waals surface area contributed by atoms with Crippen molar-refractivity contribution in [2.75, 3.05) is 18.5 Å². The van der Waals surface area contributed by atoms with Crippen molar-refractivity contribution in [3.63, 3.8) is 0 Å². The monoisotopic (exact) mass is 450 g/mol. The number of carbonyl (C=O) groups excluding carboxylic acids is 2. The molecule has 2 N–H and O–H groups in total. The number of urea groups is 1. The summed E-state index contributed by atoms with van der Waals surface area (Å²) in [5, 5.41) is 0. The largest absolute Gasteiger partial charge is 0.404 e. The maximum Gasteiger partial charge on any atom is 0.332 e. The molecule has 3 rings (SSSR count). The summed E-state index contributed by atoms with van der Waals surface area (Å²) in [6.45, 7) is 3.96. The van der Waals surface area contributed by atoms with Crippen LogP contribution in [-0.4, -0.2) is 42.2 Å². The lowest BCUT2D eigenvalue weighted by molar-refractivity contribution is -0.121. The number of halogens is 2. The molecule has 1 heterocycles. The van der Waals surface area contributed by atoms with Crippen molar-refractivity contribution in [3.8, 4) is 11.8 Å². The van der Waals surface area contributed by atoms with E-state index in [2.05, 4.69) is 16.8 Å². The van der Waals surface area contributed by atoms with Gasteiger partial charge in [-0.2, -0.15) is 0 Å². The first kappa shape index (κ1) is 23.7. The number of carbonyl (C=O) groups is 2. The summed E-state index contributed by atoms with van der Waals surface area (Å²) in [7, 11) is 1.45. The van der Waals surface area contributed by atoms with Crippen LogP contribution in [0.15, 0.2) is 59.2 Å². The Morgan fingerprint density at radius 3 is 2.33 bits per heavy atom. The van der Waals surface area contributed by atoms with Crippen LogP contribution in [0.5, 0.6) is 0 Å². The predicted octanol–water partition coefficient (Wildman–Crippen LogP) is 3.85. The number of likely N-dealkylation sites (N-methyl/N-ethyl adjacent to an activating group) is 1. The summed E-state index contributed by atoms with van der Waals surface area (Å²) < 4.78 is 29.9. The molecule has 8 heteroatoms. The maximum absolute atomic E-state index is 15.0. The van der Waals surface area contributed by atoms with Gasteiger partial charge in [0.1, 0.15) is 5.69 Å². The molecular weight excluding hydrogens is 426 g/mol. The highest BCUT2D eigenvalue weighted by Crippen LogP contribution is 2.36. The van der Waals surface area contributed by atoms with Crippen LogP contribution in [0.4, 0.5) is 19.3 Å². The quantitative estimate of drug-likeness (QED) is 0.568. The van der Waals surface area contributed by atoms with Crippen molar-refractivity contribution < 1.29 is 18.4 Å². The molecule has 3 amide bonds. The van der Waals surface area contributed by atoms with Gasteiger partial charge in [-0.15, -0.1) is 0 Å². The average molecular weight is 450 g/mol. The Morgan fingerprint density at radius 1 is 1.15 bits per heavy atom. The van der Waals surface area contributed by atoms with E-state index in [0.29, 0.717) is 22.6 Å². The minimum Gasteiger partial charge on any atom is -0.404 e. The van der Waals surface area contributed by atoms with Crippen LogP contribution in [0.25, 0.3) is 0 Å². The first-order valence-electron chi connectivity index (χ1n) is 10.3. The van der Waals surface area contributed by atoms with Gasteiger partial charge in [0.15, 0.2) is 11.6 Å². The van der Waals surface area contributed by atoms with E-state index in [4.69, 9.17) is 5.73 Å². The molecule has 0 aromatic heterocycles. The molecule has 0 radical (unpaired) electrons. The summed E-state index contributed by atoms with van der Waals surface area (Å²) >= 11 is 0. The maximum atomic E-state index is 15.0. The van der Waals surface area contributed by atoms with E-state index in [0.717, 1.165) is 12.1 Å². The molecule has 1 aliphatic rings. The number of rotatable bonds is 4. The Bertz CT molecular complexity index is 1170. The normalized spacial score (nSPS) is 19.1. The standard InChI is InChI=1S/C25H24F2N4O2/c1-4-29-16-19(15-28)25(2)14-22(32)31(24(33)30(25)3)23-20(26)12-18(13-21(23)27)11-10-17-8-6-5-7-9-17/h5-9,12-13,15-16H,4,14,28H2,1-3H3/t25-/m0/s1. The van der Waals surface area contributed by atoms with Gasteiger partial charge < -0.3 is 10.6 Å². The van der Waals surface area contributed by atoms with Gasteiger partial charge in [0.25, 0.3) is 0 Å². The van der Waals surface area contributed by atoms with Crippen molar-refractivity contribution in [3.05, 3.63) is 77.0 Å². The summed E-state index contributed by atoms with van der Waals surface area (Å²) in [5.74, 6) is 2.63. The molecule has 6 nitrogen and oxygen atoms in total. The number of aliphatic imine (C=N–C) groups is 1. The van der Waals surface area contributed by atoms with Crippen LogP contribution in [0.3, 0.4) is 0 Å². The third kappa shape index (κ3) is 4.62. The van der Waals surface area contributed by atoms with E-state index < -0.39 is 34.8 Å². The molecule has 1 fully saturated rings. The third-order valence-electron chi connectivity index (χ3n) is 5.54. The Morgan fingerprint density at radius 2 is 1.76 bits per heavy atom. The molecule has 0 unspecified atom stereocenters. The SMILES string of the molecule is CCN=CC(=CN)[C@]1(C)CC(=O)N(c2c(F)cc(C#Cc3ccccc3)cc2F)C(=O)N1C.